The van der Waals surface area contributed by atoms with E-state index in [0.717, 1.165) is 15.3 Å². The van der Waals surface area contributed by atoms with Crippen LogP contribution in [0.4, 0.5) is 0 Å². The molecule has 0 saturated carbocycles. The van der Waals surface area contributed by atoms with Crippen LogP contribution < -0.4 is 0 Å². The summed E-state index contributed by atoms with van der Waals surface area (Å²) >= 11 is 19.3. The van der Waals surface area contributed by atoms with Crippen molar-refractivity contribution in [2.75, 3.05) is 0 Å². The molecule has 8 heteroatoms. The highest BCUT2D eigenvalue weighted by Crippen LogP contribution is 2.36. The van der Waals surface area contributed by atoms with Gasteiger partial charge in [-0.3, -0.25) is 9.59 Å². The van der Waals surface area contributed by atoms with Crippen LogP contribution in [0.15, 0.2) is 52.5 Å². The molecule has 0 atom stereocenters. The first kappa shape index (κ1) is 18.6. The smallest absolute Gasteiger partial charge is 0.238 e. The Hall–Kier alpha value is -2.44. The zero-order valence-corrected chi connectivity index (χ0v) is 17.4. The summed E-state index contributed by atoms with van der Waals surface area (Å²) in [5, 5.41) is 1.90. The molecule has 5 rings (SSSR count). The Morgan fingerprint density at radius 2 is 1.52 bits per heavy atom. The predicted octanol–water partition coefficient (Wildman–Crippen LogP) is 6.98. The van der Waals surface area contributed by atoms with Gasteiger partial charge in [0.25, 0.3) is 0 Å². The molecule has 0 fully saturated rings. The van der Waals surface area contributed by atoms with E-state index in [0.29, 0.717) is 16.5 Å². The number of halogens is 3. The van der Waals surface area contributed by atoms with Gasteiger partial charge in [0.2, 0.25) is 5.71 Å². The van der Waals surface area contributed by atoms with E-state index < -0.39 is 11.6 Å². The highest BCUT2D eigenvalue weighted by Gasteiger charge is 2.34. The number of hydrogen-bond acceptors (Lipinski definition) is 5. The minimum atomic E-state index is -0.405. The molecule has 0 N–H and O–H groups in total. The minimum Gasteiger partial charge on any atom is -0.437 e. The number of benzene rings is 2. The number of carbonyl (C=O) groups is 2. The molecule has 0 bridgehead atoms. The Balaban J connectivity index is 1.51. The zero-order chi connectivity index (χ0) is 20.3. The van der Waals surface area contributed by atoms with Gasteiger partial charge in [-0.1, -0.05) is 46.9 Å². The Morgan fingerprint density at radius 1 is 0.897 bits per heavy atom. The molecule has 29 heavy (non-hydrogen) atoms. The Morgan fingerprint density at radius 3 is 2.10 bits per heavy atom. The van der Waals surface area contributed by atoms with Gasteiger partial charge in [-0.25, -0.2) is 4.98 Å². The number of ketones is 2. The van der Waals surface area contributed by atoms with E-state index >= 15 is 0 Å². The highest BCUT2D eigenvalue weighted by atomic mass is 35.5. The maximum absolute atomic E-state index is 12.6. The lowest BCUT2D eigenvalue weighted by Gasteiger charge is -1.98. The lowest BCUT2D eigenvalue weighted by molar-refractivity contribution is 0.0990. The summed E-state index contributed by atoms with van der Waals surface area (Å²) in [4.78, 5) is 29.8. The Bertz CT molecular complexity index is 1290. The number of aromatic nitrogens is 1. The lowest BCUT2D eigenvalue weighted by Crippen LogP contribution is -1.99. The molecular formula is C21H8Cl3NO3S. The average molecular weight is 461 g/mol. The van der Waals surface area contributed by atoms with Crippen LogP contribution in [0.1, 0.15) is 26.5 Å². The van der Waals surface area contributed by atoms with Crippen molar-refractivity contribution < 1.29 is 14.0 Å². The number of furan rings is 1. The zero-order valence-electron chi connectivity index (χ0n) is 14.3. The molecule has 0 radical (unpaired) electrons. The van der Waals surface area contributed by atoms with Gasteiger partial charge < -0.3 is 4.42 Å². The molecule has 0 amide bonds. The molecular weight excluding hydrogens is 453 g/mol. The van der Waals surface area contributed by atoms with Gasteiger partial charge >= 0.3 is 0 Å². The monoisotopic (exact) mass is 459 g/mol. The Kier molecular flexibility index (Phi) is 4.37. The van der Waals surface area contributed by atoms with Gasteiger partial charge in [0.15, 0.2) is 11.6 Å². The fourth-order valence-electron chi connectivity index (χ4n) is 3.13. The summed E-state index contributed by atoms with van der Waals surface area (Å²) in [6, 6.07) is 11.9. The van der Waals surface area contributed by atoms with E-state index in [1.54, 1.807) is 18.2 Å². The lowest BCUT2D eigenvalue weighted by atomic mass is 10.1. The average Bonchev–Trinajstić information content (AvgIpc) is 3.31. The predicted molar refractivity (Wildman–Crippen MR) is 115 cm³/mol. The number of rotatable bonds is 2. The standard InChI is InChI=1S/C21H8Cl3NO3S/c22-10-3-1-9(2-4-10)21-25-20-17(29-21)6-11(28-20)5-14-18(26)12-7-15(23)16(24)8-13(12)19(14)27/h1-8H. The maximum atomic E-state index is 12.6. The summed E-state index contributed by atoms with van der Waals surface area (Å²) < 4.78 is 6.55. The maximum Gasteiger partial charge on any atom is 0.238 e. The fourth-order valence-corrected chi connectivity index (χ4v) is 4.52. The van der Waals surface area contributed by atoms with Gasteiger partial charge in [-0.15, -0.1) is 11.3 Å². The second kappa shape index (κ2) is 6.82. The van der Waals surface area contributed by atoms with Gasteiger partial charge in [-0.2, -0.15) is 0 Å². The quantitative estimate of drug-likeness (QED) is 0.239. The number of fused-ring (bicyclic) bond motifs is 2. The first-order valence-electron chi connectivity index (χ1n) is 8.37. The first-order chi connectivity index (χ1) is 13.9. The van der Waals surface area contributed by atoms with E-state index in [9.17, 15) is 9.59 Å². The molecule has 0 saturated heterocycles. The van der Waals surface area contributed by atoms with Crippen LogP contribution in [0.2, 0.25) is 15.1 Å². The minimum absolute atomic E-state index is 0.0117. The van der Waals surface area contributed by atoms with Crippen molar-refractivity contribution in [2.45, 2.75) is 0 Å². The number of Topliss-reactive ketones (excluding diaryl/α,β-unsaturated/α-hetero) is 2. The Labute approximate surface area is 183 Å². The summed E-state index contributed by atoms with van der Waals surface area (Å²) in [5.74, 6) is -0.431. The van der Waals surface area contributed by atoms with Crippen molar-refractivity contribution >= 4 is 74.2 Å². The molecule has 4 aromatic rings. The van der Waals surface area contributed by atoms with E-state index in [1.165, 1.54) is 29.5 Å². The molecule has 0 spiro atoms. The topological polar surface area (TPSA) is 60.2 Å². The van der Waals surface area contributed by atoms with Crippen LogP contribution in [0.5, 0.6) is 0 Å². The number of allylic oxidation sites excluding steroid dienone is 1. The van der Waals surface area contributed by atoms with Gasteiger partial charge in [0, 0.05) is 27.8 Å². The van der Waals surface area contributed by atoms with E-state index in [4.69, 9.17) is 39.2 Å². The van der Waals surface area contributed by atoms with Crippen LogP contribution in [-0.2, 0) is 0 Å². The van der Waals surface area contributed by atoms with Crippen molar-refractivity contribution in [2.24, 2.45) is 0 Å². The molecule has 1 aliphatic carbocycles. The van der Waals surface area contributed by atoms with Gasteiger partial charge in [0.05, 0.1) is 20.3 Å². The van der Waals surface area contributed by atoms with Crippen LogP contribution in [0.3, 0.4) is 0 Å². The van der Waals surface area contributed by atoms with Crippen molar-refractivity contribution in [1.29, 1.82) is 0 Å². The molecule has 0 aliphatic heterocycles. The fraction of sp³-hybridized carbons (Fsp3) is 0. The molecule has 0 unspecified atom stereocenters. The number of carbonyl (C=O) groups excluding carboxylic acids is 2. The summed E-state index contributed by atoms with van der Waals surface area (Å²) in [6.45, 7) is 0. The van der Waals surface area contributed by atoms with Crippen molar-refractivity contribution in [3.63, 3.8) is 0 Å². The summed E-state index contributed by atoms with van der Waals surface area (Å²) in [7, 11) is 0. The second-order valence-electron chi connectivity index (χ2n) is 6.37. The molecule has 2 aromatic carbocycles. The SMILES string of the molecule is O=C1C(=Cc2cc3sc(-c4ccc(Cl)cc4)nc3o2)C(=O)c2cc(Cl)c(Cl)cc21. The highest BCUT2D eigenvalue weighted by molar-refractivity contribution is 7.21. The molecule has 2 heterocycles. The number of thiazole rings is 1. The van der Waals surface area contributed by atoms with Crippen LogP contribution >= 0.6 is 46.1 Å². The van der Waals surface area contributed by atoms with Gasteiger partial charge in [-0.05, 0) is 30.3 Å². The molecule has 2 aromatic heterocycles. The molecule has 142 valence electrons. The third-order valence-electron chi connectivity index (χ3n) is 4.53. The van der Waals surface area contributed by atoms with Crippen LogP contribution in [0.25, 0.3) is 27.1 Å². The van der Waals surface area contributed by atoms with E-state index in [2.05, 4.69) is 4.98 Å². The number of hydrogen-bond donors (Lipinski definition) is 0. The normalized spacial score (nSPS) is 13.4. The van der Waals surface area contributed by atoms with Crippen molar-refractivity contribution in [1.82, 2.24) is 4.98 Å². The third kappa shape index (κ3) is 3.11. The van der Waals surface area contributed by atoms with Crippen molar-refractivity contribution in [3.8, 4) is 10.6 Å². The second-order valence-corrected chi connectivity index (χ2v) is 8.65. The van der Waals surface area contributed by atoms with Gasteiger partial charge in [0.1, 0.15) is 10.8 Å². The number of nitrogens with zero attached hydrogens (tertiary/aromatic N) is 1. The molecule has 4 nitrogen and oxygen atoms in total. The van der Waals surface area contributed by atoms with E-state index in [-0.39, 0.29) is 26.7 Å². The summed E-state index contributed by atoms with van der Waals surface area (Å²) in [5.41, 5.74) is 1.86. The van der Waals surface area contributed by atoms with Crippen LogP contribution in [0, 0.1) is 0 Å². The largest absolute Gasteiger partial charge is 0.437 e. The third-order valence-corrected chi connectivity index (χ3v) is 6.53. The van der Waals surface area contributed by atoms with Crippen LogP contribution in [-0.4, -0.2) is 16.6 Å². The first-order valence-corrected chi connectivity index (χ1v) is 10.3. The van der Waals surface area contributed by atoms with E-state index in [1.807, 2.05) is 12.1 Å². The molecule has 1 aliphatic rings. The summed E-state index contributed by atoms with van der Waals surface area (Å²) in [6.07, 6.45) is 1.43. The van der Waals surface area contributed by atoms with Crippen molar-refractivity contribution in [3.05, 3.63) is 80.0 Å².